The van der Waals surface area contributed by atoms with Gasteiger partial charge in [0, 0.05) is 6.42 Å². The van der Waals surface area contributed by atoms with Gasteiger partial charge in [0.25, 0.3) is 0 Å². The number of esters is 2. The number of amides is 1. The highest BCUT2D eigenvalue weighted by atomic mass is 16.6. The number of aliphatic imine (C=N–C) groups is 1. The second-order valence-corrected chi connectivity index (χ2v) is 5.69. The number of methoxy groups -OCH3 is 2. The van der Waals surface area contributed by atoms with E-state index < -0.39 is 30.1 Å². The first-order valence-electron chi connectivity index (χ1n) is 8.35. The second kappa shape index (κ2) is 10.1. The van der Waals surface area contributed by atoms with Crippen molar-refractivity contribution in [2.24, 2.45) is 4.99 Å². The lowest BCUT2D eigenvalue weighted by atomic mass is 10.1. The molecule has 0 saturated carbocycles. The van der Waals surface area contributed by atoms with E-state index in [1.807, 2.05) is 30.3 Å². The summed E-state index contributed by atoms with van der Waals surface area (Å²) in [6.07, 6.45) is -0.317. The highest BCUT2D eigenvalue weighted by molar-refractivity contribution is 5.86. The third-order valence-electron chi connectivity index (χ3n) is 3.82. The maximum absolute atomic E-state index is 12.0. The third-order valence-corrected chi connectivity index (χ3v) is 3.82. The fraction of sp³-hybridized carbons (Fsp3) is 0.444. The van der Waals surface area contributed by atoms with E-state index in [-0.39, 0.29) is 26.1 Å². The third kappa shape index (κ3) is 6.28. The van der Waals surface area contributed by atoms with Gasteiger partial charge in [0.2, 0.25) is 0 Å². The molecule has 0 spiro atoms. The molecular weight excluding hydrogens is 356 g/mol. The van der Waals surface area contributed by atoms with Crippen LogP contribution in [0.3, 0.4) is 0 Å². The molecule has 9 nitrogen and oxygen atoms in total. The Bertz CT molecular complexity index is 690. The van der Waals surface area contributed by atoms with Crippen LogP contribution in [0.25, 0.3) is 0 Å². The molecule has 0 fully saturated rings. The number of benzene rings is 1. The number of carbonyl (C=O) groups is 3. The van der Waals surface area contributed by atoms with Crippen LogP contribution >= 0.6 is 0 Å². The van der Waals surface area contributed by atoms with Crippen molar-refractivity contribution in [3.8, 4) is 0 Å². The van der Waals surface area contributed by atoms with Crippen LogP contribution in [0.2, 0.25) is 0 Å². The standard InChI is InChI=1S/C18H22N2O7/c1-24-16(21)13(8-9-15-19-14(11-26-15)17(22)25-2)20-18(23)27-10-12-6-4-3-5-7-12/h3-7,13-14H,8-11H2,1-2H3,(H,20,23)/t13-,14-/m0/s1. The van der Waals surface area contributed by atoms with Gasteiger partial charge in [-0.25, -0.2) is 19.4 Å². The molecule has 9 heteroatoms. The maximum atomic E-state index is 12.0. The van der Waals surface area contributed by atoms with Crippen molar-refractivity contribution in [1.29, 1.82) is 0 Å². The molecular formula is C18H22N2O7. The summed E-state index contributed by atoms with van der Waals surface area (Å²) in [5.41, 5.74) is 0.824. The normalized spacial score (nSPS) is 16.5. The maximum Gasteiger partial charge on any atom is 0.408 e. The fourth-order valence-electron chi connectivity index (χ4n) is 2.38. The largest absolute Gasteiger partial charge is 0.478 e. The zero-order valence-electron chi connectivity index (χ0n) is 15.2. The average Bonchev–Trinajstić information content (AvgIpc) is 3.18. The van der Waals surface area contributed by atoms with Gasteiger partial charge in [0.15, 0.2) is 11.9 Å². The molecule has 0 aliphatic carbocycles. The molecule has 27 heavy (non-hydrogen) atoms. The monoisotopic (exact) mass is 378 g/mol. The molecule has 0 saturated heterocycles. The number of carbonyl (C=O) groups excluding carboxylic acids is 3. The quantitative estimate of drug-likeness (QED) is 0.534. The van der Waals surface area contributed by atoms with Gasteiger partial charge in [-0.1, -0.05) is 30.3 Å². The molecule has 2 rings (SSSR count). The molecule has 0 unspecified atom stereocenters. The van der Waals surface area contributed by atoms with Crippen LogP contribution in [-0.2, 0) is 35.1 Å². The summed E-state index contributed by atoms with van der Waals surface area (Å²) in [4.78, 5) is 39.4. The Labute approximate surface area is 156 Å². The molecule has 1 heterocycles. The van der Waals surface area contributed by atoms with Crippen molar-refractivity contribution in [3.05, 3.63) is 35.9 Å². The highest BCUT2D eigenvalue weighted by Crippen LogP contribution is 2.12. The van der Waals surface area contributed by atoms with Crippen molar-refractivity contribution in [2.75, 3.05) is 20.8 Å². The van der Waals surface area contributed by atoms with Gasteiger partial charge in [-0.05, 0) is 12.0 Å². The van der Waals surface area contributed by atoms with Crippen molar-refractivity contribution < 1.29 is 33.3 Å². The van der Waals surface area contributed by atoms with Crippen LogP contribution < -0.4 is 5.32 Å². The van der Waals surface area contributed by atoms with E-state index in [4.69, 9.17) is 14.2 Å². The summed E-state index contributed by atoms with van der Waals surface area (Å²) < 4.78 is 19.7. The topological polar surface area (TPSA) is 113 Å². The molecule has 1 aromatic carbocycles. The lowest BCUT2D eigenvalue weighted by molar-refractivity contribution is -0.143. The summed E-state index contributed by atoms with van der Waals surface area (Å²) in [5, 5.41) is 2.47. The molecule has 1 aliphatic heterocycles. The van der Waals surface area contributed by atoms with Crippen molar-refractivity contribution >= 4 is 23.9 Å². The van der Waals surface area contributed by atoms with Gasteiger partial charge < -0.3 is 24.3 Å². The number of ether oxygens (including phenoxy) is 4. The molecule has 2 atom stereocenters. The number of hydrogen-bond donors (Lipinski definition) is 1. The SMILES string of the molecule is COC(=O)[C@@H]1COC(CC[C@H](NC(=O)OCc2ccccc2)C(=O)OC)=N1. The van der Waals surface area contributed by atoms with E-state index >= 15 is 0 Å². The first kappa shape index (κ1) is 20.2. The number of nitrogens with zero attached hydrogens (tertiary/aromatic N) is 1. The summed E-state index contributed by atoms with van der Waals surface area (Å²) in [6, 6.07) is 7.52. The Morgan fingerprint density at radius 2 is 1.96 bits per heavy atom. The highest BCUT2D eigenvalue weighted by Gasteiger charge is 2.28. The first-order valence-corrected chi connectivity index (χ1v) is 8.35. The first-order chi connectivity index (χ1) is 13.0. The van der Waals surface area contributed by atoms with Gasteiger partial charge in [-0.15, -0.1) is 0 Å². The molecule has 146 valence electrons. The number of rotatable bonds is 8. The summed E-state index contributed by atoms with van der Waals surface area (Å²) >= 11 is 0. The number of hydrogen-bond acceptors (Lipinski definition) is 8. The van der Waals surface area contributed by atoms with Crippen LogP contribution in [-0.4, -0.2) is 56.8 Å². The van der Waals surface area contributed by atoms with Gasteiger partial charge in [-0.3, -0.25) is 0 Å². The molecule has 1 amide bonds. The zero-order chi connectivity index (χ0) is 19.6. The Hall–Kier alpha value is -3.10. The predicted octanol–water partition coefficient (Wildman–Crippen LogP) is 1.20. The Morgan fingerprint density at radius 1 is 1.22 bits per heavy atom. The summed E-state index contributed by atoms with van der Waals surface area (Å²) in [7, 11) is 2.50. The molecule has 0 aromatic heterocycles. The predicted molar refractivity (Wildman–Crippen MR) is 94.0 cm³/mol. The van der Waals surface area contributed by atoms with Crippen LogP contribution in [0, 0.1) is 0 Å². The van der Waals surface area contributed by atoms with Crippen molar-refractivity contribution in [3.63, 3.8) is 0 Å². The van der Waals surface area contributed by atoms with Crippen LogP contribution in [0.5, 0.6) is 0 Å². The van der Waals surface area contributed by atoms with Crippen molar-refractivity contribution in [2.45, 2.75) is 31.5 Å². The van der Waals surface area contributed by atoms with Gasteiger partial charge in [-0.2, -0.15) is 0 Å². The average molecular weight is 378 g/mol. The molecule has 1 aromatic rings. The lowest BCUT2D eigenvalue weighted by Gasteiger charge is -2.16. The fourth-order valence-corrected chi connectivity index (χ4v) is 2.38. The van der Waals surface area contributed by atoms with Gasteiger partial charge in [0.1, 0.15) is 19.3 Å². The molecule has 0 bridgehead atoms. The van der Waals surface area contributed by atoms with Crippen molar-refractivity contribution in [1.82, 2.24) is 5.32 Å². The van der Waals surface area contributed by atoms with E-state index in [1.165, 1.54) is 14.2 Å². The smallest absolute Gasteiger partial charge is 0.408 e. The second-order valence-electron chi connectivity index (χ2n) is 5.69. The minimum atomic E-state index is -0.929. The van der Waals surface area contributed by atoms with Crippen LogP contribution in [0.4, 0.5) is 4.79 Å². The summed E-state index contributed by atoms with van der Waals surface area (Å²) in [5.74, 6) is -0.786. The zero-order valence-corrected chi connectivity index (χ0v) is 15.2. The Morgan fingerprint density at radius 3 is 2.63 bits per heavy atom. The van der Waals surface area contributed by atoms with Crippen LogP contribution in [0.1, 0.15) is 18.4 Å². The molecule has 1 aliphatic rings. The number of nitrogens with one attached hydrogen (secondary N) is 1. The van der Waals surface area contributed by atoms with Crippen LogP contribution in [0.15, 0.2) is 35.3 Å². The van der Waals surface area contributed by atoms with Gasteiger partial charge >= 0.3 is 18.0 Å². The summed E-state index contributed by atoms with van der Waals surface area (Å²) in [6.45, 7) is 0.175. The Kier molecular flexibility index (Phi) is 7.60. The lowest BCUT2D eigenvalue weighted by Crippen LogP contribution is -2.42. The minimum absolute atomic E-state index is 0.0806. The Balaban J connectivity index is 1.85. The van der Waals surface area contributed by atoms with E-state index in [9.17, 15) is 14.4 Å². The van der Waals surface area contributed by atoms with E-state index in [0.29, 0.717) is 5.90 Å². The minimum Gasteiger partial charge on any atom is -0.478 e. The van der Waals surface area contributed by atoms with E-state index in [0.717, 1.165) is 5.56 Å². The van der Waals surface area contributed by atoms with E-state index in [1.54, 1.807) is 0 Å². The molecule has 0 radical (unpaired) electrons. The van der Waals surface area contributed by atoms with Gasteiger partial charge in [0.05, 0.1) is 14.2 Å². The van der Waals surface area contributed by atoms with E-state index in [2.05, 4.69) is 15.0 Å². The number of alkyl carbamates (subject to hydrolysis) is 1. The molecule has 1 N–H and O–H groups in total.